The molecule has 0 radical (unpaired) electrons. The summed E-state index contributed by atoms with van der Waals surface area (Å²) in [6.45, 7) is 9.79. The van der Waals surface area contributed by atoms with Crippen LogP contribution in [0, 0.1) is 0 Å². The van der Waals surface area contributed by atoms with Gasteiger partial charge in [-0.25, -0.2) is 4.79 Å². The molecule has 0 aliphatic carbocycles. The fourth-order valence-corrected chi connectivity index (χ4v) is 2.94. The van der Waals surface area contributed by atoms with E-state index in [0.717, 1.165) is 32.6 Å². The monoisotopic (exact) mass is 295 g/mol. The summed E-state index contributed by atoms with van der Waals surface area (Å²) in [4.78, 5) is 13.5. The molecule has 6 nitrogen and oxygen atoms in total. The summed E-state index contributed by atoms with van der Waals surface area (Å²) in [5.74, 6) is -0.895. The minimum Gasteiger partial charge on any atom is -0.478 e. The Labute approximate surface area is 125 Å². The highest BCUT2D eigenvalue weighted by molar-refractivity contribution is 5.88. The number of aryl methyl sites for hydroxylation is 2. The van der Waals surface area contributed by atoms with E-state index >= 15 is 0 Å². The van der Waals surface area contributed by atoms with Crippen LogP contribution in [0.5, 0.6) is 0 Å². The van der Waals surface area contributed by atoms with Crippen LogP contribution < -0.4 is 0 Å². The van der Waals surface area contributed by atoms with E-state index in [1.54, 1.807) is 10.9 Å². The van der Waals surface area contributed by atoms with Gasteiger partial charge in [-0.15, -0.1) is 0 Å². The number of carbonyl (C=O) groups is 1. The van der Waals surface area contributed by atoms with Gasteiger partial charge in [-0.2, -0.15) is 5.10 Å². The molecule has 0 aromatic carbocycles. The number of carboxylic acids is 1. The van der Waals surface area contributed by atoms with Gasteiger partial charge in [-0.1, -0.05) is 6.92 Å². The molecule has 0 amide bonds. The Bertz CT molecular complexity index is 477. The van der Waals surface area contributed by atoms with Gasteiger partial charge >= 0.3 is 5.97 Å². The normalized spacial score (nSPS) is 23.4. The average Bonchev–Trinajstić information content (AvgIpc) is 2.81. The van der Waals surface area contributed by atoms with Gasteiger partial charge < -0.3 is 9.84 Å². The first-order chi connectivity index (χ1) is 9.99. The predicted octanol–water partition coefficient (Wildman–Crippen LogP) is 1.64. The molecular formula is C15H25N3O3. The highest BCUT2D eigenvalue weighted by Crippen LogP contribution is 2.12. The van der Waals surface area contributed by atoms with Crippen LogP contribution in [0.1, 0.15) is 43.2 Å². The van der Waals surface area contributed by atoms with Crippen molar-refractivity contribution in [2.45, 2.75) is 52.4 Å². The molecule has 2 heterocycles. The number of hydrogen-bond acceptors (Lipinski definition) is 4. The van der Waals surface area contributed by atoms with Gasteiger partial charge in [-0.05, 0) is 26.7 Å². The zero-order chi connectivity index (χ0) is 15.4. The Morgan fingerprint density at radius 1 is 1.38 bits per heavy atom. The zero-order valence-corrected chi connectivity index (χ0v) is 13.1. The van der Waals surface area contributed by atoms with Gasteiger partial charge in [0.25, 0.3) is 0 Å². The van der Waals surface area contributed by atoms with E-state index in [2.05, 4.69) is 23.8 Å². The molecule has 1 fully saturated rings. The number of rotatable bonds is 6. The van der Waals surface area contributed by atoms with Crippen LogP contribution in [0.15, 0.2) is 6.20 Å². The first kappa shape index (κ1) is 16.0. The summed E-state index contributed by atoms with van der Waals surface area (Å²) in [5.41, 5.74) is 0.988. The Hall–Kier alpha value is -1.40. The number of hydrogen-bond donors (Lipinski definition) is 1. The van der Waals surface area contributed by atoms with Gasteiger partial charge in [0.2, 0.25) is 0 Å². The van der Waals surface area contributed by atoms with E-state index in [1.807, 2.05) is 6.92 Å². The van der Waals surface area contributed by atoms with Crippen LogP contribution in [0.4, 0.5) is 0 Å². The fourth-order valence-electron chi connectivity index (χ4n) is 2.94. The second kappa shape index (κ2) is 7.04. The van der Waals surface area contributed by atoms with Crippen LogP contribution in [-0.4, -0.2) is 57.6 Å². The minimum atomic E-state index is -0.895. The zero-order valence-electron chi connectivity index (χ0n) is 13.1. The number of morpholine rings is 1. The third-order valence-corrected chi connectivity index (χ3v) is 3.76. The van der Waals surface area contributed by atoms with Crippen molar-refractivity contribution >= 4 is 5.97 Å². The van der Waals surface area contributed by atoms with Crippen molar-refractivity contribution in [2.75, 3.05) is 19.6 Å². The molecule has 1 aliphatic rings. The maximum absolute atomic E-state index is 11.1. The van der Waals surface area contributed by atoms with E-state index in [4.69, 9.17) is 9.84 Å². The summed E-state index contributed by atoms with van der Waals surface area (Å²) >= 11 is 0. The molecule has 0 bridgehead atoms. The molecule has 0 spiro atoms. The molecule has 0 unspecified atom stereocenters. The van der Waals surface area contributed by atoms with Gasteiger partial charge in [-0.3, -0.25) is 9.58 Å². The van der Waals surface area contributed by atoms with Gasteiger partial charge in [0.05, 0.1) is 17.9 Å². The van der Waals surface area contributed by atoms with E-state index in [-0.39, 0.29) is 12.2 Å². The molecule has 1 aromatic rings. The van der Waals surface area contributed by atoms with Crippen LogP contribution in [-0.2, 0) is 17.7 Å². The third-order valence-electron chi connectivity index (χ3n) is 3.76. The molecular weight excluding hydrogens is 270 g/mol. The summed E-state index contributed by atoms with van der Waals surface area (Å²) in [7, 11) is 0. The smallest absolute Gasteiger partial charge is 0.339 e. The summed E-state index contributed by atoms with van der Waals surface area (Å²) < 4.78 is 7.48. The fraction of sp³-hybridized carbons (Fsp3) is 0.733. The lowest BCUT2D eigenvalue weighted by molar-refractivity contribution is -0.0683. The second-order valence-electron chi connectivity index (χ2n) is 5.78. The van der Waals surface area contributed by atoms with Crippen molar-refractivity contribution in [1.29, 1.82) is 0 Å². The maximum atomic E-state index is 11.1. The van der Waals surface area contributed by atoms with Crippen LogP contribution in [0.2, 0.25) is 0 Å². The van der Waals surface area contributed by atoms with E-state index in [9.17, 15) is 4.79 Å². The number of aromatic nitrogens is 2. The molecule has 1 N–H and O–H groups in total. The summed E-state index contributed by atoms with van der Waals surface area (Å²) in [6, 6.07) is 0. The second-order valence-corrected chi connectivity index (χ2v) is 5.78. The van der Waals surface area contributed by atoms with Crippen molar-refractivity contribution in [2.24, 2.45) is 0 Å². The van der Waals surface area contributed by atoms with Crippen molar-refractivity contribution in [3.8, 4) is 0 Å². The number of carboxylic acid groups (broad SMARTS) is 1. The largest absolute Gasteiger partial charge is 0.478 e. The maximum Gasteiger partial charge on any atom is 0.339 e. The molecule has 21 heavy (non-hydrogen) atoms. The first-order valence-electron chi connectivity index (χ1n) is 7.67. The lowest BCUT2D eigenvalue weighted by Gasteiger charge is -2.35. The molecule has 6 heteroatoms. The third kappa shape index (κ3) is 4.28. The molecule has 118 valence electrons. The Kier molecular flexibility index (Phi) is 5.36. The summed E-state index contributed by atoms with van der Waals surface area (Å²) in [5, 5.41) is 13.5. The molecule has 1 aliphatic heterocycles. The van der Waals surface area contributed by atoms with Crippen molar-refractivity contribution in [3.63, 3.8) is 0 Å². The van der Waals surface area contributed by atoms with Crippen molar-refractivity contribution < 1.29 is 14.6 Å². The van der Waals surface area contributed by atoms with Crippen LogP contribution in [0.3, 0.4) is 0 Å². The quantitative estimate of drug-likeness (QED) is 0.864. The minimum absolute atomic E-state index is 0.281. The lowest BCUT2D eigenvalue weighted by atomic mass is 10.2. The lowest BCUT2D eigenvalue weighted by Crippen LogP contribution is -2.45. The Balaban J connectivity index is 1.84. The topological polar surface area (TPSA) is 67.6 Å². The average molecular weight is 295 g/mol. The summed E-state index contributed by atoms with van der Waals surface area (Å²) in [6.07, 6.45) is 3.81. The van der Waals surface area contributed by atoms with E-state index < -0.39 is 5.97 Å². The van der Waals surface area contributed by atoms with Gasteiger partial charge in [0.15, 0.2) is 0 Å². The highest BCUT2D eigenvalue weighted by atomic mass is 16.5. The first-order valence-corrected chi connectivity index (χ1v) is 7.67. The Morgan fingerprint density at radius 3 is 2.57 bits per heavy atom. The molecule has 0 saturated carbocycles. The van der Waals surface area contributed by atoms with Gasteiger partial charge in [0, 0.05) is 32.4 Å². The predicted molar refractivity (Wildman–Crippen MR) is 79.6 cm³/mol. The van der Waals surface area contributed by atoms with Crippen molar-refractivity contribution in [3.05, 3.63) is 17.5 Å². The number of ether oxygens (including phenoxy) is 1. The molecule has 2 atom stereocenters. The number of nitrogens with zero attached hydrogens (tertiary/aromatic N) is 3. The van der Waals surface area contributed by atoms with E-state index in [0.29, 0.717) is 17.7 Å². The Morgan fingerprint density at radius 2 is 2.05 bits per heavy atom. The van der Waals surface area contributed by atoms with E-state index in [1.165, 1.54) is 0 Å². The molecule has 2 rings (SSSR count). The molecule has 1 saturated heterocycles. The van der Waals surface area contributed by atoms with Crippen LogP contribution in [0.25, 0.3) is 0 Å². The molecule has 1 aromatic heterocycles. The highest BCUT2D eigenvalue weighted by Gasteiger charge is 2.21. The number of aromatic carboxylic acids is 1. The SMILES string of the molecule is CCc1nn(CCCN2C[C@@H](C)O[C@@H](C)C2)cc1C(=O)O. The van der Waals surface area contributed by atoms with Gasteiger partial charge in [0.1, 0.15) is 5.56 Å². The standard InChI is InChI=1S/C15H25N3O3/c1-4-14-13(15(19)20)10-18(16-14)7-5-6-17-8-11(2)21-12(3)9-17/h10-12H,4-9H2,1-3H3,(H,19,20)/t11-,12+. The van der Waals surface area contributed by atoms with Crippen LogP contribution >= 0.6 is 0 Å². The van der Waals surface area contributed by atoms with Crippen molar-refractivity contribution in [1.82, 2.24) is 14.7 Å².